The van der Waals surface area contributed by atoms with Crippen molar-refractivity contribution in [3.63, 3.8) is 0 Å². The number of nitrogens with zero attached hydrogens (tertiary/aromatic N) is 2. The Morgan fingerprint density at radius 3 is 2.70 bits per heavy atom. The van der Waals surface area contributed by atoms with Crippen LogP contribution in [0, 0.1) is 10.1 Å². The molecular weight excluding hydrogens is 328 g/mol. The molecule has 0 fully saturated rings. The smallest absolute Gasteiger partial charge is 0.273 e. The zero-order valence-electron chi connectivity index (χ0n) is 10.6. The van der Waals surface area contributed by atoms with Crippen molar-refractivity contribution in [1.82, 2.24) is 4.98 Å². The van der Waals surface area contributed by atoms with Crippen molar-refractivity contribution < 1.29 is 14.4 Å². The quantitative estimate of drug-likeness (QED) is 0.617. The maximum Gasteiger partial charge on any atom is 0.273 e. The summed E-state index contributed by atoms with van der Waals surface area (Å²) in [5.74, 6) is 0.749. The van der Waals surface area contributed by atoms with Crippen molar-refractivity contribution in [3.8, 4) is 11.5 Å². The number of rotatable bonds is 5. The topological polar surface area (TPSA) is 74.5 Å². The molecule has 0 amide bonds. The van der Waals surface area contributed by atoms with Crippen LogP contribution in [0.4, 0.5) is 5.69 Å². The third kappa shape index (κ3) is 3.45. The lowest BCUT2D eigenvalue weighted by Crippen LogP contribution is -2.00. The number of non-ortho nitro benzene ring substituents is 1. The largest absolute Gasteiger partial charge is 0.493 e. The number of nitro benzene ring substituents is 1. The van der Waals surface area contributed by atoms with Crippen LogP contribution < -0.4 is 9.47 Å². The third-order valence-corrected chi connectivity index (χ3v) is 2.99. The molecule has 0 unspecified atom stereocenters. The molecule has 2 rings (SSSR count). The Morgan fingerprint density at radius 2 is 2.10 bits per heavy atom. The predicted octanol–water partition coefficient (Wildman–Crippen LogP) is 3.34. The number of aromatic nitrogens is 1. The zero-order valence-corrected chi connectivity index (χ0v) is 12.2. The molecule has 1 heterocycles. The van der Waals surface area contributed by atoms with Crippen molar-refractivity contribution in [2.24, 2.45) is 0 Å². The Labute approximate surface area is 123 Å². The minimum atomic E-state index is -0.482. The van der Waals surface area contributed by atoms with Crippen molar-refractivity contribution in [2.75, 3.05) is 7.11 Å². The molecule has 0 saturated carbocycles. The summed E-state index contributed by atoms with van der Waals surface area (Å²) >= 11 is 3.29. The molecule has 0 radical (unpaired) electrons. The van der Waals surface area contributed by atoms with Gasteiger partial charge in [-0.2, -0.15) is 0 Å². The van der Waals surface area contributed by atoms with Gasteiger partial charge in [0.2, 0.25) is 0 Å². The van der Waals surface area contributed by atoms with Gasteiger partial charge in [-0.25, -0.2) is 0 Å². The van der Waals surface area contributed by atoms with Crippen molar-refractivity contribution >= 4 is 21.6 Å². The second-order valence-electron chi connectivity index (χ2n) is 3.85. The number of methoxy groups -OCH3 is 1. The standard InChI is InChI=1S/C13H11BrN2O4/c1-19-12-5-4-11(16(17)18)6-13(12)20-8-10-3-2-9(14)7-15-10/h2-7H,8H2,1H3. The highest BCUT2D eigenvalue weighted by Gasteiger charge is 2.12. The number of nitro groups is 1. The maximum atomic E-state index is 10.8. The van der Waals surface area contributed by atoms with Crippen LogP contribution in [0.25, 0.3) is 0 Å². The first-order valence-corrected chi connectivity index (χ1v) is 6.45. The van der Waals surface area contributed by atoms with Crippen molar-refractivity contribution in [3.05, 3.63) is 56.8 Å². The van der Waals surface area contributed by atoms with Gasteiger partial charge in [0.05, 0.1) is 23.8 Å². The van der Waals surface area contributed by atoms with Gasteiger partial charge in [-0.05, 0) is 34.1 Å². The first-order chi connectivity index (χ1) is 9.60. The van der Waals surface area contributed by atoms with E-state index in [1.807, 2.05) is 6.07 Å². The summed E-state index contributed by atoms with van der Waals surface area (Å²) < 4.78 is 11.5. The van der Waals surface area contributed by atoms with Crippen LogP contribution in [-0.4, -0.2) is 17.0 Å². The molecule has 0 N–H and O–H groups in total. The lowest BCUT2D eigenvalue weighted by atomic mass is 10.3. The number of halogens is 1. The van der Waals surface area contributed by atoms with Gasteiger partial charge in [-0.3, -0.25) is 15.1 Å². The lowest BCUT2D eigenvalue weighted by molar-refractivity contribution is -0.385. The third-order valence-electron chi connectivity index (χ3n) is 2.52. The average molecular weight is 339 g/mol. The van der Waals surface area contributed by atoms with Gasteiger partial charge in [-0.15, -0.1) is 0 Å². The average Bonchev–Trinajstić information content (AvgIpc) is 2.46. The van der Waals surface area contributed by atoms with E-state index in [1.165, 1.54) is 25.3 Å². The highest BCUT2D eigenvalue weighted by atomic mass is 79.9. The molecule has 0 aliphatic heterocycles. The summed E-state index contributed by atoms with van der Waals surface area (Å²) in [6, 6.07) is 7.84. The minimum Gasteiger partial charge on any atom is -0.493 e. The predicted molar refractivity (Wildman–Crippen MR) is 75.9 cm³/mol. The van der Waals surface area contributed by atoms with E-state index in [4.69, 9.17) is 9.47 Å². The van der Waals surface area contributed by atoms with E-state index in [9.17, 15) is 10.1 Å². The molecule has 0 aliphatic carbocycles. The first-order valence-electron chi connectivity index (χ1n) is 5.66. The minimum absolute atomic E-state index is 0.0513. The first kappa shape index (κ1) is 14.3. The molecule has 0 aliphatic rings. The van der Waals surface area contributed by atoms with E-state index in [2.05, 4.69) is 20.9 Å². The molecule has 7 heteroatoms. The molecule has 1 aromatic heterocycles. The molecule has 0 bridgehead atoms. The Balaban J connectivity index is 2.16. The summed E-state index contributed by atoms with van der Waals surface area (Å²) in [6.07, 6.45) is 1.66. The Bertz CT molecular complexity index is 616. The highest BCUT2D eigenvalue weighted by molar-refractivity contribution is 9.10. The van der Waals surface area contributed by atoms with E-state index < -0.39 is 4.92 Å². The molecule has 20 heavy (non-hydrogen) atoms. The Kier molecular flexibility index (Phi) is 4.52. The Hall–Kier alpha value is -2.15. The summed E-state index contributed by atoms with van der Waals surface area (Å²) in [7, 11) is 1.48. The molecule has 2 aromatic rings. The second-order valence-corrected chi connectivity index (χ2v) is 4.76. The van der Waals surface area contributed by atoms with Crippen LogP contribution in [-0.2, 0) is 6.61 Å². The monoisotopic (exact) mass is 338 g/mol. The summed E-state index contributed by atoms with van der Waals surface area (Å²) in [5.41, 5.74) is 0.659. The zero-order chi connectivity index (χ0) is 14.5. The fourth-order valence-electron chi connectivity index (χ4n) is 1.54. The highest BCUT2D eigenvalue weighted by Crippen LogP contribution is 2.31. The fourth-order valence-corrected chi connectivity index (χ4v) is 1.77. The van der Waals surface area contributed by atoms with Crippen LogP contribution in [0.15, 0.2) is 41.0 Å². The molecular formula is C13H11BrN2O4. The molecule has 0 saturated heterocycles. The van der Waals surface area contributed by atoms with Gasteiger partial charge < -0.3 is 9.47 Å². The molecule has 1 aromatic carbocycles. The van der Waals surface area contributed by atoms with Gasteiger partial charge >= 0.3 is 0 Å². The van der Waals surface area contributed by atoms with E-state index in [1.54, 1.807) is 12.3 Å². The fraction of sp³-hybridized carbons (Fsp3) is 0.154. The van der Waals surface area contributed by atoms with Crippen molar-refractivity contribution in [2.45, 2.75) is 6.61 Å². The molecule has 0 spiro atoms. The summed E-state index contributed by atoms with van der Waals surface area (Å²) in [4.78, 5) is 14.4. The van der Waals surface area contributed by atoms with Gasteiger partial charge in [0.25, 0.3) is 5.69 Å². The lowest BCUT2D eigenvalue weighted by Gasteiger charge is -2.10. The van der Waals surface area contributed by atoms with E-state index >= 15 is 0 Å². The summed E-state index contributed by atoms with van der Waals surface area (Å²) in [6.45, 7) is 0.199. The normalized spacial score (nSPS) is 10.1. The number of ether oxygens (including phenoxy) is 2. The van der Waals surface area contributed by atoms with Crippen LogP contribution in [0.5, 0.6) is 11.5 Å². The van der Waals surface area contributed by atoms with Gasteiger partial charge in [-0.1, -0.05) is 0 Å². The number of hydrogen-bond acceptors (Lipinski definition) is 5. The van der Waals surface area contributed by atoms with Gasteiger partial charge in [0.1, 0.15) is 6.61 Å². The van der Waals surface area contributed by atoms with Crippen molar-refractivity contribution in [1.29, 1.82) is 0 Å². The van der Waals surface area contributed by atoms with Crippen LogP contribution in [0.3, 0.4) is 0 Å². The molecule has 104 valence electrons. The van der Waals surface area contributed by atoms with Crippen LogP contribution >= 0.6 is 15.9 Å². The van der Waals surface area contributed by atoms with E-state index in [-0.39, 0.29) is 12.3 Å². The maximum absolute atomic E-state index is 10.8. The summed E-state index contributed by atoms with van der Waals surface area (Å²) in [5, 5.41) is 10.8. The van der Waals surface area contributed by atoms with Gasteiger partial charge in [0, 0.05) is 16.7 Å². The molecule has 0 atom stereocenters. The van der Waals surface area contributed by atoms with E-state index in [0.29, 0.717) is 17.2 Å². The van der Waals surface area contributed by atoms with E-state index in [0.717, 1.165) is 4.47 Å². The Morgan fingerprint density at radius 1 is 1.30 bits per heavy atom. The van der Waals surface area contributed by atoms with Crippen LogP contribution in [0.2, 0.25) is 0 Å². The second kappa shape index (κ2) is 6.33. The number of benzene rings is 1. The number of pyridine rings is 1. The van der Waals surface area contributed by atoms with Gasteiger partial charge in [0.15, 0.2) is 11.5 Å². The van der Waals surface area contributed by atoms with Crippen LogP contribution in [0.1, 0.15) is 5.69 Å². The SMILES string of the molecule is COc1ccc([N+](=O)[O-])cc1OCc1ccc(Br)cn1. The number of hydrogen-bond donors (Lipinski definition) is 0. The molecule has 6 nitrogen and oxygen atoms in total.